The Morgan fingerprint density at radius 1 is 1.75 bits per heavy atom. The quantitative estimate of drug-likeness (QED) is 0.470. The molecule has 0 aliphatic rings. The lowest BCUT2D eigenvalue weighted by Crippen LogP contribution is -1.92. The van der Waals surface area contributed by atoms with E-state index in [1.165, 1.54) is 11.3 Å². The van der Waals surface area contributed by atoms with Crippen molar-refractivity contribution >= 4 is 32.3 Å². The average Bonchev–Trinajstić information content (AvgIpc) is 2.34. The van der Waals surface area contributed by atoms with Crippen molar-refractivity contribution in [3.8, 4) is 0 Å². The lowest BCUT2D eigenvalue weighted by Gasteiger charge is -1.96. The first-order valence-corrected chi connectivity index (χ1v) is 5.20. The highest BCUT2D eigenvalue weighted by Gasteiger charge is 2.10. The summed E-state index contributed by atoms with van der Waals surface area (Å²) in [6, 6.07) is 3.36. The van der Waals surface area contributed by atoms with Gasteiger partial charge >= 0.3 is 5.00 Å². The Morgan fingerprint density at radius 3 is 2.83 bits per heavy atom. The summed E-state index contributed by atoms with van der Waals surface area (Å²) in [5.74, 6) is 0. The second-order valence-electron chi connectivity index (χ2n) is 2.48. The Kier molecular flexibility index (Phi) is 3.22. The highest BCUT2D eigenvalue weighted by Crippen LogP contribution is 2.25. The van der Waals surface area contributed by atoms with Crippen molar-refractivity contribution in [3.63, 3.8) is 0 Å². The van der Waals surface area contributed by atoms with E-state index in [4.69, 9.17) is 0 Å². The van der Waals surface area contributed by atoms with Crippen LogP contribution in [-0.4, -0.2) is 9.75 Å². The summed E-state index contributed by atoms with van der Waals surface area (Å²) in [5, 5.41) is 10.5. The highest BCUT2D eigenvalue weighted by molar-refractivity contribution is 9.09. The molecule has 5 heteroatoms. The molecular formula is C7H8BrNO2S. The van der Waals surface area contributed by atoms with Crippen LogP contribution in [0.15, 0.2) is 12.1 Å². The minimum absolute atomic E-state index is 0.221. The summed E-state index contributed by atoms with van der Waals surface area (Å²) in [4.78, 5) is 11.4. The molecule has 0 aliphatic heterocycles. The summed E-state index contributed by atoms with van der Waals surface area (Å²) in [6.07, 6.45) is 0.846. The van der Waals surface area contributed by atoms with Crippen LogP contribution in [0.2, 0.25) is 0 Å². The van der Waals surface area contributed by atoms with Crippen molar-refractivity contribution in [1.82, 2.24) is 0 Å². The lowest BCUT2D eigenvalue weighted by atomic mass is 10.3. The summed E-state index contributed by atoms with van der Waals surface area (Å²) in [5.41, 5.74) is 0. The van der Waals surface area contributed by atoms with Crippen LogP contribution >= 0.6 is 27.3 Å². The molecule has 66 valence electrons. The highest BCUT2D eigenvalue weighted by atomic mass is 79.9. The Bertz CT molecular complexity index is 285. The smallest absolute Gasteiger partial charge is 0.258 e. The fraction of sp³-hybridized carbons (Fsp3) is 0.429. The minimum Gasteiger partial charge on any atom is -0.258 e. The van der Waals surface area contributed by atoms with Crippen LogP contribution in [-0.2, 0) is 6.42 Å². The molecule has 1 heterocycles. The van der Waals surface area contributed by atoms with Crippen LogP contribution in [0.3, 0.4) is 0 Å². The monoisotopic (exact) mass is 249 g/mol. The maximum atomic E-state index is 10.3. The maximum Gasteiger partial charge on any atom is 0.324 e. The van der Waals surface area contributed by atoms with E-state index in [2.05, 4.69) is 15.9 Å². The number of hydrogen-bond donors (Lipinski definition) is 0. The Morgan fingerprint density at radius 2 is 2.42 bits per heavy atom. The first kappa shape index (κ1) is 9.67. The third-order valence-electron chi connectivity index (χ3n) is 1.31. The number of rotatable bonds is 3. The summed E-state index contributed by atoms with van der Waals surface area (Å²) >= 11 is 4.63. The van der Waals surface area contributed by atoms with Crippen LogP contribution in [0.5, 0.6) is 0 Å². The van der Waals surface area contributed by atoms with Gasteiger partial charge < -0.3 is 0 Å². The van der Waals surface area contributed by atoms with E-state index in [1.54, 1.807) is 12.1 Å². The van der Waals surface area contributed by atoms with Gasteiger partial charge in [0.2, 0.25) is 0 Å². The van der Waals surface area contributed by atoms with Crippen LogP contribution in [0, 0.1) is 10.1 Å². The molecule has 0 N–H and O–H groups in total. The molecule has 0 amide bonds. The molecule has 0 aliphatic carbocycles. The number of nitrogens with zero attached hydrogens (tertiary/aromatic N) is 1. The van der Waals surface area contributed by atoms with E-state index in [0.717, 1.165) is 11.3 Å². The van der Waals surface area contributed by atoms with E-state index in [-0.39, 0.29) is 9.92 Å². The van der Waals surface area contributed by atoms with Crippen LogP contribution in [0.25, 0.3) is 0 Å². The van der Waals surface area contributed by atoms with Gasteiger partial charge in [-0.2, -0.15) is 0 Å². The molecule has 0 bridgehead atoms. The van der Waals surface area contributed by atoms with Crippen molar-refractivity contribution in [1.29, 1.82) is 0 Å². The first-order chi connectivity index (χ1) is 5.59. The third kappa shape index (κ3) is 2.57. The SMILES string of the molecule is CC(Br)Cc1ccc([N+](=O)[O-])s1. The molecular weight excluding hydrogens is 242 g/mol. The molecule has 1 rings (SSSR count). The van der Waals surface area contributed by atoms with Gasteiger partial charge in [0.05, 0.1) is 4.92 Å². The van der Waals surface area contributed by atoms with Gasteiger partial charge in [-0.25, -0.2) is 0 Å². The van der Waals surface area contributed by atoms with Gasteiger partial charge in [-0.1, -0.05) is 34.2 Å². The van der Waals surface area contributed by atoms with Crippen molar-refractivity contribution in [3.05, 3.63) is 27.1 Å². The molecule has 3 nitrogen and oxygen atoms in total. The van der Waals surface area contributed by atoms with E-state index >= 15 is 0 Å². The summed E-state index contributed by atoms with van der Waals surface area (Å²) in [7, 11) is 0. The molecule has 0 aromatic carbocycles. The van der Waals surface area contributed by atoms with Gasteiger partial charge in [-0.3, -0.25) is 10.1 Å². The minimum atomic E-state index is -0.354. The van der Waals surface area contributed by atoms with Gasteiger partial charge in [0.15, 0.2) is 0 Å². The predicted molar refractivity (Wildman–Crippen MR) is 53.1 cm³/mol. The largest absolute Gasteiger partial charge is 0.324 e. The third-order valence-corrected chi connectivity index (χ3v) is 2.69. The second kappa shape index (κ2) is 4.00. The van der Waals surface area contributed by atoms with Crippen molar-refractivity contribution < 1.29 is 4.92 Å². The Hall–Kier alpha value is -0.420. The standard InChI is InChI=1S/C7H8BrNO2S/c1-5(8)4-6-2-3-7(12-6)9(10)11/h2-3,5H,4H2,1H3. The molecule has 0 fully saturated rings. The number of halogens is 1. The summed E-state index contributed by atoms with van der Waals surface area (Å²) in [6.45, 7) is 2.02. The zero-order valence-corrected chi connectivity index (χ0v) is 8.89. The molecule has 0 spiro atoms. The molecule has 12 heavy (non-hydrogen) atoms. The van der Waals surface area contributed by atoms with E-state index in [9.17, 15) is 10.1 Å². The topological polar surface area (TPSA) is 43.1 Å². The second-order valence-corrected chi connectivity index (χ2v) is 5.19. The van der Waals surface area contributed by atoms with Gasteiger partial charge in [0, 0.05) is 15.8 Å². The fourth-order valence-electron chi connectivity index (χ4n) is 0.852. The number of thiophene rings is 1. The molecule has 1 aromatic rings. The Labute approximate surface area is 82.7 Å². The van der Waals surface area contributed by atoms with E-state index in [1.807, 2.05) is 6.92 Å². The van der Waals surface area contributed by atoms with Crippen LogP contribution in [0.4, 0.5) is 5.00 Å². The maximum absolute atomic E-state index is 10.3. The summed E-state index contributed by atoms with van der Waals surface area (Å²) < 4.78 is 0. The van der Waals surface area contributed by atoms with Crippen molar-refractivity contribution in [2.24, 2.45) is 0 Å². The van der Waals surface area contributed by atoms with Crippen molar-refractivity contribution in [2.75, 3.05) is 0 Å². The molecule has 1 atom stereocenters. The first-order valence-electron chi connectivity index (χ1n) is 3.47. The number of hydrogen-bond acceptors (Lipinski definition) is 3. The van der Waals surface area contributed by atoms with Crippen LogP contribution < -0.4 is 0 Å². The van der Waals surface area contributed by atoms with E-state index < -0.39 is 0 Å². The predicted octanol–water partition coefficient (Wildman–Crippen LogP) is 2.98. The van der Waals surface area contributed by atoms with Gasteiger partial charge in [0.1, 0.15) is 0 Å². The Balaban J connectivity index is 2.71. The van der Waals surface area contributed by atoms with Crippen LogP contribution in [0.1, 0.15) is 11.8 Å². The average molecular weight is 250 g/mol. The molecule has 1 aromatic heterocycles. The number of nitro groups is 1. The lowest BCUT2D eigenvalue weighted by molar-refractivity contribution is -0.380. The molecule has 0 saturated carbocycles. The normalized spacial score (nSPS) is 12.8. The fourth-order valence-corrected chi connectivity index (χ4v) is 2.36. The zero-order chi connectivity index (χ0) is 9.14. The molecule has 0 radical (unpaired) electrons. The molecule has 0 saturated heterocycles. The zero-order valence-electron chi connectivity index (χ0n) is 6.49. The van der Waals surface area contributed by atoms with Gasteiger partial charge in [0.25, 0.3) is 0 Å². The van der Waals surface area contributed by atoms with E-state index in [0.29, 0.717) is 4.83 Å². The van der Waals surface area contributed by atoms with Gasteiger partial charge in [-0.05, 0) is 12.5 Å². The number of alkyl halides is 1. The van der Waals surface area contributed by atoms with Gasteiger partial charge in [-0.15, -0.1) is 0 Å². The van der Waals surface area contributed by atoms with Crippen molar-refractivity contribution in [2.45, 2.75) is 18.2 Å². The molecule has 1 unspecified atom stereocenters.